The standard InChI is InChI=1S/C37H38N4O4/c42-30-14-15-31-34(22-30)45-24-32(26-4-2-1-3-5-26)36(31)27-8-12-29(13-9-27)41-20-18-40(19-21-41)23-25-6-10-28(11-7-25)38-33-16-17-35(43)39-37(33)44/h1-15,22,32-33,36,38,42H,16-21,23-24H2,(H,39,43,44)/t32-,33?,36-/m0/s1. The normalized spacial score (nSPS) is 21.9. The molecule has 3 atom stereocenters. The third-order valence-electron chi connectivity index (χ3n) is 9.31. The summed E-state index contributed by atoms with van der Waals surface area (Å²) in [6.45, 7) is 5.32. The number of carbonyl (C=O) groups excluding carboxylic acids is 2. The Morgan fingerprint density at radius 2 is 1.60 bits per heavy atom. The zero-order valence-electron chi connectivity index (χ0n) is 25.2. The van der Waals surface area contributed by atoms with Crippen LogP contribution in [0.15, 0.2) is 97.1 Å². The molecule has 1 unspecified atom stereocenters. The molecule has 3 heterocycles. The summed E-state index contributed by atoms with van der Waals surface area (Å²) in [4.78, 5) is 28.4. The summed E-state index contributed by atoms with van der Waals surface area (Å²) in [6.07, 6.45) is 0.880. The van der Waals surface area contributed by atoms with Crippen LogP contribution in [-0.2, 0) is 16.1 Å². The zero-order valence-corrected chi connectivity index (χ0v) is 25.2. The number of phenols is 1. The first kappa shape index (κ1) is 28.9. The molecule has 0 radical (unpaired) electrons. The number of nitrogens with one attached hydrogen (secondary N) is 2. The van der Waals surface area contributed by atoms with Gasteiger partial charge in [-0.05, 0) is 53.4 Å². The van der Waals surface area contributed by atoms with Gasteiger partial charge in [0.1, 0.15) is 17.5 Å². The van der Waals surface area contributed by atoms with Crippen LogP contribution >= 0.6 is 0 Å². The van der Waals surface area contributed by atoms with Crippen LogP contribution in [0.5, 0.6) is 11.5 Å². The zero-order chi connectivity index (χ0) is 30.8. The van der Waals surface area contributed by atoms with Gasteiger partial charge in [0.2, 0.25) is 11.8 Å². The van der Waals surface area contributed by atoms with E-state index in [1.807, 2.05) is 24.3 Å². The molecule has 0 spiro atoms. The second kappa shape index (κ2) is 12.7. The van der Waals surface area contributed by atoms with E-state index in [-0.39, 0.29) is 35.4 Å². The summed E-state index contributed by atoms with van der Waals surface area (Å²) in [5, 5.41) is 15.7. The summed E-state index contributed by atoms with van der Waals surface area (Å²) >= 11 is 0. The molecule has 7 rings (SSSR count). The van der Waals surface area contributed by atoms with Gasteiger partial charge in [0.05, 0.1) is 6.61 Å². The van der Waals surface area contributed by atoms with Crippen molar-refractivity contribution in [2.75, 3.05) is 43.0 Å². The van der Waals surface area contributed by atoms with Crippen molar-refractivity contribution in [2.45, 2.75) is 37.3 Å². The average molecular weight is 603 g/mol. The number of carbonyl (C=O) groups is 2. The topological polar surface area (TPSA) is 94.1 Å². The minimum atomic E-state index is -0.372. The van der Waals surface area contributed by atoms with Crippen LogP contribution in [0.1, 0.15) is 46.9 Å². The molecular weight excluding hydrogens is 564 g/mol. The number of ether oxygens (including phenoxy) is 1. The Labute approximate surface area is 263 Å². The van der Waals surface area contributed by atoms with Crippen molar-refractivity contribution in [1.29, 1.82) is 0 Å². The molecule has 3 aliphatic rings. The summed E-state index contributed by atoms with van der Waals surface area (Å²) in [7, 11) is 0. The Hall–Kier alpha value is -4.82. The van der Waals surface area contributed by atoms with Gasteiger partial charge < -0.3 is 20.1 Å². The minimum Gasteiger partial charge on any atom is -0.508 e. The average Bonchev–Trinajstić information content (AvgIpc) is 3.07. The number of anilines is 2. The molecule has 0 bridgehead atoms. The molecule has 4 aromatic carbocycles. The van der Waals surface area contributed by atoms with Crippen LogP contribution in [0, 0.1) is 0 Å². The number of aromatic hydroxyl groups is 1. The van der Waals surface area contributed by atoms with Crippen molar-refractivity contribution in [2.24, 2.45) is 0 Å². The number of hydrogen-bond acceptors (Lipinski definition) is 7. The van der Waals surface area contributed by atoms with Gasteiger partial charge in [0.25, 0.3) is 0 Å². The van der Waals surface area contributed by atoms with E-state index in [1.54, 1.807) is 12.1 Å². The molecule has 0 aromatic heterocycles. The highest BCUT2D eigenvalue weighted by molar-refractivity contribution is 6.01. The third-order valence-corrected chi connectivity index (χ3v) is 9.31. The van der Waals surface area contributed by atoms with Crippen molar-refractivity contribution in [3.63, 3.8) is 0 Å². The van der Waals surface area contributed by atoms with E-state index in [0.717, 1.165) is 49.7 Å². The fourth-order valence-corrected chi connectivity index (χ4v) is 6.85. The first-order chi connectivity index (χ1) is 22.0. The van der Waals surface area contributed by atoms with Crippen molar-refractivity contribution in [3.8, 4) is 11.5 Å². The van der Waals surface area contributed by atoms with Gasteiger partial charge in [-0.15, -0.1) is 0 Å². The van der Waals surface area contributed by atoms with E-state index in [2.05, 4.69) is 81.1 Å². The Morgan fingerprint density at radius 3 is 2.33 bits per heavy atom. The number of piperidine rings is 1. The summed E-state index contributed by atoms with van der Waals surface area (Å²) < 4.78 is 6.14. The second-order valence-corrected chi connectivity index (χ2v) is 12.2. The third kappa shape index (κ3) is 6.37. The van der Waals surface area contributed by atoms with E-state index in [1.165, 1.54) is 22.4 Å². The Morgan fingerprint density at radius 1 is 0.844 bits per heavy atom. The molecule has 8 nitrogen and oxygen atoms in total. The highest BCUT2D eigenvalue weighted by Gasteiger charge is 2.34. The number of imide groups is 1. The summed E-state index contributed by atoms with van der Waals surface area (Å²) in [5.41, 5.74) is 6.96. The number of amides is 2. The first-order valence-electron chi connectivity index (χ1n) is 15.8. The number of phenolic OH excluding ortho intramolecular Hbond substituents is 1. The van der Waals surface area contributed by atoms with Gasteiger partial charge in [-0.3, -0.25) is 19.8 Å². The van der Waals surface area contributed by atoms with Crippen LogP contribution < -0.4 is 20.3 Å². The summed E-state index contributed by atoms with van der Waals surface area (Å²) in [5.74, 6) is 0.834. The molecule has 45 heavy (non-hydrogen) atoms. The van der Waals surface area contributed by atoms with Crippen LogP contribution in [0.4, 0.5) is 11.4 Å². The molecule has 2 amide bonds. The first-order valence-corrected chi connectivity index (χ1v) is 15.8. The smallest absolute Gasteiger partial charge is 0.249 e. The van der Waals surface area contributed by atoms with E-state index in [9.17, 15) is 14.7 Å². The van der Waals surface area contributed by atoms with Gasteiger partial charge in [0, 0.05) is 74.0 Å². The van der Waals surface area contributed by atoms with Gasteiger partial charge >= 0.3 is 0 Å². The molecule has 0 aliphatic carbocycles. The SMILES string of the molecule is O=C1CCC(Nc2ccc(CN3CCN(c4ccc([C@H]5c6ccc(O)cc6OC[C@H]5c5ccccc5)cc4)CC3)cc2)C(=O)N1. The van der Waals surface area contributed by atoms with Crippen LogP contribution in [0.3, 0.4) is 0 Å². The maximum absolute atomic E-state index is 12.1. The largest absolute Gasteiger partial charge is 0.508 e. The van der Waals surface area contributed by atoms with Crippen LogP contribution in [0.25, 0.3) is 0 Å². The lowest BCUT2D eigenvalue weighted by Crippen LogP contribution is -2.47. The molecule has 230 valence electrons. The number of benzene rings is 4. The summed E-state index contributed by atoms with van der Waals surface area (Å²) in [6, 6.07) is 32.9. The maximum atomic E-state index is 12.1. The van der Waals surface area contributed by atoms with Crippen molar-refractivity contribution >= 4 is 23.2 Å². The fraction of sp³-hybridized carbons (Fsp3) is 0.297. The maximum Gasteiger partial charge on any atom is 0.249 e. The van der Waals surface area contributed by atoms with Crippen LogP contribution in [-0.4, -0.2) is 60.6 Å². The molecule has 3 aliphatic heterocycles. The van der Waals surface area contributed by atoms with Crippen molar-refractivity contribution < 1.29 is 19.4 Å². The lowest BCUT2D eigenvalue weighted by Gasteiger charge is -2.37. The van der Waals surface area contributed by atoms with Gasteiger partial charge in [-0.1, -0.05) is 60.7 Å². The molecule has 0 saturated carbocycles. The predicted octanol–water partition coefficient (Wildman–Crippen LogP) is 5.24. The number of fused-ring (bicyclic) bond motifs is 1. The van der Waals surface area contributed by atoms with Crippen molar-refractivity contribution in [3.05, 3.63) is 119 Å². The van der Waals surface area contributed by atoms with E-state index in [4.69, 9.17) is 4.74 Å². The van der Waals surface area contributed by atoms with Gasteiger partial charge in [-0.25, -0.2) is 0 Å². The van der Waals surface area contributed by atoms with Gasteiger partial charge in [0.15, 0.2) is 0 Å². The quantitative estimate of drug-likeness (QED) is 0.249. The minimum absolute atomic E-state index is 0.133. The van der Waals surface area contributed by atoms with E-state index in [0.29, 0.717) is 19.4 Å². The number of rotatable bonds is 7. The monoisotopic (exact) mass is 602 g/mol. The van der Waals surface area contributed by atoms with Crippen molar-refractivity contribution in [1.82, 2.24) is 10.2 Å². The number of nitrogens with zero attached hydrogens (tertiary/aromatic N) is 2. The molecule has 2 fully saturated rings. The van der Waals surface area contributed by atoms with Crippen LogP contribution in [0.2, 0.25) is 0 Å². The lowest BCUT2D eigenvalue weighted by molar-refractivity contribution is -0.133. The Balaban J connectivity index is 0.977. The number of piperazine rings is 1. The fourth-order valence-electron chi connectivity index (χ4n) is 6.85. The number of hydrogen-bond donors (Lipinski definition) is 3. The lowest BCUT2D eigenvalue weighted by atomic mass is 9.76. The highest BCUT2D eigenvalue weighted by atomic mass is 16.5. The predicted molar refractivity (Wildman–Crippen MR) is 175 cm³/mol. The molecule has 3 N–H and O–H groups in total. The molecule has 4 aromatic rings. The van der Waals surface area contributed by atoms with E-state index < -0.39 is 0 Å². The Bertz CT molecular complexity index is 1650. The molecule has 8 heteroatoms. The second-order valence-electron chi connectivity index (χ2n) is 12.2. The molecular formula is C37H38N4O4. The van der Waals surface area contributed by atoms with Gasteiger partial charge in [-0.2, -0.15) is 0 Å². The Kier molecular flexibility index (Phi) is 8.13. The molecule has 2 saturated heterocycles. The van der Waals surface area contributed by atoms with E-state index >= 15 is 0 Å². The highest BCUT2D eigenvalue weighted by Crippen LogP contribution is 2.47.